The Kier molecular flexibility index (Phi) is 2.32. The Morgan fingerprint density at radius 2 is 2.40 bits per heavy atom. The summed E-state index contributed by atoms with van der Waals surface area (Å²) in [5.41, 5.74) is 0.0810. The van der Waals surface area contributed by atoms with Crippen molar-refractivity contribution in [3.05, 3.63) is 0 Å². The zero-order valence-electron chi connectivity index (χ0n) is 7.11. The molecule has 0 aromatic heterocycles. The zero-order chi connectivity index (χ0) is 7.61. The van der Waals surface area contributed by atoms with E-state index in [0.29, 0.717) is 6.10 Å². The fraction of sp³-hybridized carbons (Fsp3) is 1.00. The van der Waals surface area contributed by atoms with Crippen molar-refractivity contribution in [3.8, 4) is 0 Å². The van der Waals surface area contributed by atoms with Crippen LogP contribution in [0.3, 0.4) is 0 Å². The van der Waals surface area contributed by atoms with Crippen LogP contribution in [0.1, 0.15) is 27.2 Å². The van der Waals surface area contributed by atoms with Gasteiger partial charge in [-0.25, -0.2) is 0 Å². The highest BCUT2D eigenvalue weighted by Crippen LogP contribution is 2.19. The lowest BCUT2D eigenvalue weighted by Crippen LogP contribution is -2.50. The van der Waals surface area contributed by atoms with Crippen LogP contribution in [0.4, 0.5) is 0 Å². The van der Waals surface area contributed by atoms with Crippen LogP contribution < -0.4 is 5.32 Å². The van der Waals surface area contributed by atoms with Crippen LogP contribution in [-0.4, -0.2) is 24.8 Å². The van der Waals surface area contributed by atoms with Crippen LogP contribution in [0.25, 0.3) is 0 Å². The van der Waals surface area contributed by atoms with Gasteiger partial charge in [0.05, 0.1) is 11.7 Å². The van der Waals surface area contributed by atoms with E-state index in [-0.39, 0.29) is 5.60 Å². The molecule has 0 bridgehead atoms. The van der Waals surface area contributed by atoms with Gasteiger partial charge in [-0.3, -0.25) is 0 Å². The average Bonchev–Trinajstić information content (AvgIpc) is 1.88. The van der Waals surface area contributed by atoms with E-state index in [0.717, 1.165) is 19.5 Å². The van der Waals surface area contributed by atoms with Gasteiger partial charge in [0, 0.05) is 13.1 Å². The lowest BCUT2D eigenvalue weighted by molar-refractivity contribution is -0.0988. The molecular weight excluding hydrogens is 126 g/mol. The summed E-state index contributed by atoms with van der Waals surface area (Å²) in [7, 11) is 0. The van der Waals surface area contributed by atoms with Gasteiger partial charge in [0.1, 0.15) is 0 Å². The van der Waals surface area contributed by atoms with Crippen molar-refractivity contribution >= 4 is 0 Å². The quantitative estimate of drug-likeness (QED) is 0.595. The van der Waals surface area contributed by atoms with Gasteiger partial charge < -0.3 is 10.1 Å². The molecule has 0 amide bonds. The van der Waals surface area contributed by atoms with E-state index < -0.39 is 0 Å². The molecule has 60 valence electrons. The minimum absolute atomic E-state index is 0.0810. The monoisotopic (exact) mass is 143 g/mol. The molecule has 1 aliphatic rings. The van der Waals surface area contributed by atoms with Crippen LogP contribution >= 0.6 is 0 Å². The van der Waals surface area contributed by atoms with Crippen LogP contribution in [0.2, 0.25) is 0 Å². The predicted molar refractivity (Wildman–Crippen MR) is 42.1 cm³/mol. The summed E-state index contributed by atoms with van der Waals surface area (Å²) in [6.45, 7) is 8.43. The van der Waals surface area contributed by atoms with E-state index in [4.69, 9.17) is 4.74 Å². The minimum atomic E-state index is 0.0810. The number of nitrogens with one attached hydrogen (secondary N) is 1. The van der Waals surface area contributed by atoms with Crippen molar-refractivity contribution in [3.63, 3.8) is 0 Å². The minimum Gasteiger partial charge on any atom is -0.370 e. The number of ether oxygens (including phenoxy) is 1. The van der Waals surface area contributed by atoms with Crippen molar-refractivity contribution in [2.75, 3.05) is 13.1 Å². The zero-order valence-corrected chi connectivity index (χ0v) is 7.11. The first-order valence-electron chi connectivity index (χ1n) is 4.05. The highest BCUT2D eigenvalue weighted by Gasteiger charge is 2.28. The SMILES string of the molecule is CCC1(C)CNCC(C)O1. The Morgan fingerprint density at radius 3 is 2.80 bits per heavy atom. The summed E-state index contributed by atoms with van der Waals surface area (Å²) in [6, 6.07) is 0. The fourth-order valence-corrected chi connectivity index (χ4v) is 1.32. The standard InChI is InChI=1S/C8H17NO/c1-4-8(3)6-9-5-7(2)10-8/h7,9H,4-6H2,1-3H3. The van der Waals surface area contributed by atoms with E-state index in [1.807, 2.05) is 0 Å². The van der Waals surface area contributed by atoms with Gasteiger partial charge in [-0.1, -0.05) is 6.92 Å². The molecule has 2 atom stereocenters. The second-order valence-corrected chi connectivity index (χ2v) is 3.36. The molecule has 2 nitrogen and oxygen atoms in total. The van der Waals surface area contributed by atoms with E-state index in [2.05, 4.69) is 26.1 Å². The summed E-state index contributed by atoms with van der Waals surface area (Å²) in [4.78, 5) is 0. The molecule has 2 heteroatoms. The molecule has 0 spiro atoms. The van der Waals surface area contributed by atoms with Crippen molar-refractivity contribution in [2.24, 2.45) is 0 Å². The highest BCUT2D eigenvalue weighted by atomic mass is 16.5. The molecule has 10 heavy (non-hydrogen) atoms. The van der Waals surface area contributed by atoms with E-state index in [1.54, 1.807) is 0 Å². The molecule has 0 radical (unpaired) electrons. The van der Waals surface area contributed by atoms with Crippen molar-refractivity contribution in [2.45, 2.75) is 38.9 Å². The highest BCUT2D eigenvalue weighted by molar-refractivity contribution is 4.82. The Hall–Kier alpha value is -0.0800. The largest absolute Gasteiger partial charge is 0.370 e. The number of rotatable bonds is 1. The van der Waals surface area contributed by atoms with Crippen LogP contribution in [0.5, 0.6) is 0 Å². The van der Waals surface area contributed by atoms with Crippen molar-refractivity contribution in [1.29, 1.82) is 0 Å². The summed E-state index contributed by atoms with van der Waals surface area (Å²) < 4.78 is 5.76. The van der Waals surface area contributed by atoms with Crippen LogP contribution in [0, 0.1) is 0 Å². The second-order valence-electron chi connectivity index (χ2n) is 3.36. The molecule has 1 rings (SSSR count). The third-order valence-electron chi connectivity index (χ3n) is 2.16. The maximum atomic E-state index is 5.76. The summed E-state index contributed by atoms with van der Waals surface area (Å²) in [5, 5.41) is 3.35. The number of morpholine rings is 1. The maximum absolute atomic E-state index is 5.76. The molecule has 0 aliphatic carbocycles. The molecule has 1 aliphatic heterocycles. The van der Waals surface area contributed by atoms with Crippen molar-refractivity contribution in [1.82, 2.24) is 5.32 Å². The maximum Gasteiger partial charge on any atom is 0.0779 e. The van der Waals surface area contributed by atoms with Crippen LogP contribution in [0.15, 0.2) is 0 Å². The predicted octanol–water partition coefficient (Wildman–Crippen LogP) is 1.16. The van der Waals surface area contributed by atoms with E-state index >= 15 is 0 Å². The van der Waals surface area contributed by atoms with E-state index in [1.165, 1.54) is 0 Å². The van der Waals surface area contributed by atoms with Gasteiger partial charge in [-0.2, -0.15) is 0 Å². The molecule has 0 aromatic carbocycles. The van der Waals surface area contributed by atoms with Crippen molar-refractivity contribution < 1.29 is 4.74 Å². The molecule has 2 unspecified atom stereocenters. The lowest BCUT2D eigenvalue weighted by Gasteiger charge is -2.37. The topological polar surface area (TPSA) is 21.3 Å². The summed E-state index contributed by atoms with van der Waals surface area (Å²) in [6.07, 6.45) is 1.46. The molecular formula is C8H17NO. The smallest absolute Gasteiger partial charge is 0.0779 e. The fourth-order valence-electron chi connectivity index (χ4n) is 1.32. The molecule has 1 N–H and O–H groups in total. The Balaban J connectivity index is 2.45. The molecule has 1 fully saturated rings. The molecule has 1 heterocycles. The molecule has 1 saturated heterocycles. The third-order valence-corrected chi connectivity index (χ3v) is 2.16. The van der Waals surface area contributed by atoms with Gasteiger partial charge >= 0.3 is 0 Å². The van der Waals surface area contributed by atoms with Gasteiger partial charge in [0.15, 0.2) is 0 Å². The first kappa shape index (κ1) is 8.02. The van der Waals surface area contributed by atoms with Gasteiger partial charge in [-0.15, -0.1) is 0 Å². The van der Waals surface area contributed by atoms with E-state index in [9.17, 15) is 0 Å². The number of hydrogen-bond acceptors (Lipinski definition) is 2. The van der Waals surface area contributed by atoms with Gasteiger partial charge in [0.2, 0.25) is 0 Å². The first-order chi connectivity index (χ1) is 4.66. The number of hydrogen-bond donors (Lipinski definition) is 1. The normalized spacial score (nSPS) is 41.7. The van der Waals surface area contributed by atoms with Crippen LogP contribution in [-0.2, 0) is 4.74 Å². The van der Waals surface area contributed by atoms with Gasteiger partial charge in [-0.05, 0) is 20.3 Å². The third kappa shape index (κ3) is 1.70. The Morgan fingerprint density at radius 1 is 1.70 bits per heavy atom. The first-order valence-corrected chi connectivity index (χ1v) is 4.05. The van der Waals surface area contributed by atoms with Gasteiger partial charge in [0.25, 0.3) is 0 Å². The Bertz CT molecular complexity index is 116. The molecule has 0 saturated carbocycles. The Labute approximate surface area is 63.0 Å². The summed E-state index contributed by atoms with van der Waals surface area (Å²) >= 11 is 0. The molecule has 0 aromatic rings. The second kappa shape index (κ2) is 2.89. The summed E-state index contributed by atoms with van der Waals surface area (Å²) in [5.74, 6) is 0. The average molecular weight is 143 g/mol. The lowest BCUT2D eigenvalue weighted by atomic mass is 10.0.